The number of fused-ring (bicyclic) bond motifs is 1. The third kappa shape index (κ3) is 3.79. The van der Waals surface area contributed by atoms with E-state index < -0.39 is 16.6 Å². The molecule has 4 aromatic rings. The van der Waals surface area contributed by atoms with Crippen LogP contribution in [0.15, 0.2) is 71.1 Å². The summed E-state index contributed by atoms with van der Waals surface area (Å²) in [6.45, 7) is 0. The van der Waals surface area contributed by atoms with Crippen LogP contribution in [0.2, 0.25) is 5.02 Å². The van der Waals surface area contributed by atoms with Crippen molar-refractivity contribution in [3.8, 4) is 5.75 Å². The molecule has 160 valence electrons. The molecule has 0 saturated heterocycles. The number of furan rings is 1. The summed E-state index contributed by atoms with van der Waals surface area (Å²) >= 11 is 6.15. The van der Waals surface area contributed by atoms with E-state index in [4.69, 9.17) is 20.8 Å². The lowest BCUT2D eigenvalue weighted by Crippen LogP contribution is -2.16. The van der Waals surface area contributed by atoms with E-state index in [9.17, 15) is 19.7 Å². The second kappa shape index (κ2) is 8.52. The first-order valence-electron chi connectivity index (χ1n) is 9.35. The molecule has 1 aromatic heterocycles. The molecule has 8 nitrogen and oxygen atoms in total. The predicted molar refractivity (Wildman–Crippen MR) is 119 cm³/mol. The van der Waals surface area contributed by atoms with E-state index in [1.807, 2.05) is 0 Å². The Hall–Kier alpha value is -4.17. The molecular weight excluding hydrogens is 436 g/mol. The fourth-order valence-corrected chi connectivity index (χ4v) is 3.53. The zero-order valence-electron chi connectivity index (χ0n) is 16.6. The number of amides is 1. The molecule has 0 aliphatic carbocycles. The Morgan fingerprint density at radius 2 is 1.78 bits per heavy atom. The highest BCUT2D eigenvalue weighted by Crippen LogP contribution is 2.34. The molecule has 1 amide bonds. The molecule has 0 aliphatic heterocycles. The molecule has 0 saturated carbocycles. The summed E-state index contributed by atoms with van der Waals surface area (Å²) in [7, 11) is 1.46. The number of halogens is 1. The highest BCUT2D eigenvalue weighted by Gasteiger charge is 2.26. The summed E-state index contributed by atoms with van der Waals surface area (Å²) in [5.41, 5.74) is 0.200. The monoisotopic (exact) mass is 450 g/mol. The van der Waals surface area contributed by atoms with Crippen LogP contribution in [0.25, 0.3) is 11.0 Å². The van der Waals surface area contributed by atoms with Gasteiger partial charge in [0.05, 0.1) is 22.7 Å². The Morgan fingerprint density at radius 3 is 2.50 bits per heavy atom. The maximum absolute atomic E-state index is 13.2. The van der Waals surface area contributed by atoms with Crippen LogP contribution < -0.4 is 10.1 Å². The van der Waals surface area contributed by atoms with Gasteiger partial charge in [-0.05, 0) is 36.4 Å². The Labute approximate surface area is 186 Å². The van der Waals surface area contributed by atoms with Gasteiger partial charge in [0.25, 0.3) is 11.6 Å². The summed E-state index contributed by atoms with van der Waals surface area (Å²) in [5.74, 6) is -0.994. The van der Waals surface area contributed by atoms with Crippen molar-refractivity contribution in [1.29, 1.82) is 0 Å². The minimum Gasteiger partial charge on any atom is -0.495 e. The van der Waals surface area contributed by atoms with Gasteiger partial charge in [-0.3, -0.25) is 19.7 Å². The molecule has 4 rings (SSSR count). The summed E-state index contributed by atoms with van der Waals surface area (Å²) in [4.78, 5) is 36.8. The molecule has 0 bridgehead atoms. The van der Waals surface area contributed by atoms with Crippen molar-refractivity contribution in [3.05, 3.63) is 98.8 Å². The Balaban J connectivity index is 1.79. The van der Waals surface area contributed by atoms with Crippen molar-refractivity contribution in [3.63, 3.8) is 0 Å². The van der Waals surface area contributed by atoms with Crippen LogP contribution in [0.5, 0.6) is 5.75 Å². The van der Waals surface area contributed by atoms with Gasteiger partial charge in [-0.15, -0.1) is 0 Å². The summed E-state index contributed by atoms with van der Waals surface area (Å²) < 4.78 is 10.9. The number of nitrogens with one attached hydrogen (secondary N) is 1. The van der Waals surface area contributed by atoms with E-state index in [2.05, 4.69) is 5.32 Å². The maximum atomic E-state index is 13.2. The molecule has 0 radical (unpaired) electrons. The molecule has 0 spiro atoms. The average Bonchev–Trinajstić information content (AvgIpc) is 3.16. The van der Waals surface area contributed by atoms with Gasteiger partial charge in [0.2, 0.25) is 5.78 Å². The maximum Gasteiger partial charge on any atom is 0.282 e. The molecule has 3 aromatic carbocycles. The van der Waals surface area contributed by atoms with E-state index in [0.717, 1.165) is 0 Å². The third-order valence-electron chi connectivity index (χ3n) is 4.80. The van der Waals surface area contributed by atoms with E-state index in [-0.39, 0.29) is 33.3 Å². The normalized spacial score (nSPS) is 10.7. The van der Waals surface area contributed by atoms with Crippen molar-refractivity contribution in [2.45, 2.75) is 0 Å². The Morgan fingerprint density at radius 1 is 1.06 bits per heavy atom. The van der Waals surface area contributed by atoms with Gasteiger partial charge in [-0.1, -0.05) is 35.9 Å². The number of carbonyl (C=O) groups is 2. The number of nitrogens with zero attached hydrogens (tertiary/aromatic N) is 1. The first kappa shape index (κ1) is 21.1. The number of hydrogen-bond acceptors (Lipinski definition) is 6. The number of anilines is 1. The number of nitro groups is 1. The molecule has 1 heterocycles. The van der Waals surface area contributed by atoms with Crippen LogP contribution in [-0.2, 0) is 0 Å². The SMILES string of the molecule is COc1ccc(C(=O)c2oc3ccccc3c2NC(=O)c2ccccc2[N+](=O)[O-])cc1Cl. The summed E-state index contributed by atoms with van der Waals surface area (Å²) in [5, 5.41) is 14.6. The zero-order chi connectivity index (χ0) is 22.8. The molecular formula is C23H15ClN2O6. The largest absolute Gasteiger partial charge is 0.495 e. The van der Waals surface area contributed by atoms with Gasteiger partial charge >= 0.3 is 0 Å². The fourth-order valence-electron chi connectivity index (χ4n) is 3.27. The highest BCUT2D eigenvalue weighted by molar-refractivity contribution is 6.32. The van der Waals surface area contributed by atoms with Crippen LogP contribution in [0.1, 0.15) is 26.5 Å². The van der Waals surface area contributed by atoms with E-state index in [0.29, 0.717) is 16.7 Å². The lowest BCUT2D eigenvalue weighted by molar-refractivity contribution is -0.385. The molecule has 32 heavy (non-hydrogen) atoms. The molecule has 1 N–H and O–H groups in total. The number of hydrogen-bond donors (Lipinski definition) is 1. The smallest absolute Gasteiger partial charge is 0.282 e. The number of ether oxygens (including phenoxy) is 1. The molecule has 0 fully saturated rings. The van der Waals surface area contributed by atoms with Gasteiger partial charge in [0.15, 0.2) is 5.76 Å². The van der Waals surface area contributed by atoms with E-state index >= 15 is 0 Å². The lowest BCUT2D eigenvalue weighted by atomic mass is 10.1. The minimum absolute atomic E-state index is 0.112. The molecule has 0 unspecified atom stereocenters. The lowest BCUT2D eigenvalue weighted by Gasteiger charge is -2.08. The highest BCUT2D eigenvalue weighted by atomic mass is 35.5. The summed E-state index contributed by atoms with van der Waals surface area (Å²) in [6.07, 6.45) is 0. The van der Waals surface area contributed by atoms with Gasteiger partial charge < -0.3 is 14.5 Å². The number of nitro benzene ring substituents is 1. The number of ketones is 1. The van der Waals surface area contributed by atoms with Gasteiger partial charge in [0.1, 0.15) is 16.9 Å². The number of methoxy groups -OCH3 is 1. The first-order chi connectivity index (χ1) is 15.4. The van der Waals surface area contributed by atoms with Crippen LogP contribution in [0, 0.1) is 10.1 Å². The van der Waals surface area contributed by atoms with Crippen LogP contribution in [0.3, 0.4) is 0 Å². The van der Waals surface area contributed by atoms with Crippen LogP contribution in [0.4, 0.5) is 11.4 Å². The van der Waals surface area contributed by atoms with E-state index in [1.54, 1.807) is 30.3 Å². The van der Waals surface area contributed by atoms with Crippen molar-refractivity contribution >= 4 is 45.6 Å². The Bertz CT molecular complexity index is 1380. The predicted octanol–water partition coefficient (Wildman–Crippen LogP) is 5.49. The third-order valence-corrected chi connectivity index (χ3v) is 5.09. The molecule has 9 heteroatoms. The number of rotatable bonds is 6. The number of benzene rings is 3. The van der Waals surface area contributed by atoms with Gasteiger partial charge in [-0.25, -0.2) is 0 Å². The standard InChI is InChI=1S/C23H15ClN2O6/c1-31-19-11-10-13(12-16(19)24)21(27)22-20(15-7-3-5-9-18(15)32-22)25-23(28)14-6-2-4-8-17(14)26(29)30/h2-12H,1H3,(H,25,28). The van der Waals surface area contributed by atoms with Crippen molar-refractivity contribution in [1.82, 2.24) is 0 Å². The average molecular weight is 451 g/mol. The molecule has 0 aliphatic rings. The zero-order valence-corrected chi connectivity index (χ0v) is 17.4. The quantitative estimate of drug-likeness (QED) is 0.236. The van der Waals surface area contributed by atoms with Crippen molar-refractivity contribution in [2.24, 2.45) is 0 Å². The Kier molecular flexibility index (Phi) is 5.61. The van der Waals surface area contributed by atoms with Crippen LogP contribution >= 0.6 is 11.6 Å². The second-order valence-corrected chi connectivity index (χ2v) is 7.12. The molecule has 0 atom stereocenters. The van der Waals surface area contributed by atoms with E-state index in [1.165, 1.54) is 43.5 Å². The van der Waals surface area contributed by atoms with Crippen molar-refractivity contribution in [2.75, 3.05) is 12.4 Å². The van der Waals surface area contributed by atoms with Gasteiger partial charge in [0, 0.05) is 17.0 Å². The van der Waals surface area contributed by atoms with Gasteiger partial charge in [-0.2, -0.15) is 0 Å². The second-order valence-electron chi connectivity index (χ2n) is 6.71. The minimum atomic E-state index is -0.745. The topological polar surface area (TPSA) is 112 Å². The van der Waals surface area contributed by atoms with Crippen LogP contribution in [-0.4, -0.2) is 23.7 Å². The van der Waals surface area contributed by atoms with Crippen molar-refractivity contribution < 1.29 is 23.7 Å². The summed E-state index contributed by atoms with van der Waals surface area (Å²) in [6, 6.07) is 16.8. The first-order valence-corrected chi connectivity index (χ1v) is 9.73. The number of carbonyl (C=O) groups excluding carboxylic acids is 2. The fraction of sp³-hybridized carbons (Fsp3) is 0.0435. The number of para-hydroxylation sites is 2.